The summed E-state index contributed by atoms with van der Waals surface area (Å²) in [5, 5.41) is 14.0. The molecule has 0 atom stereocenters. The lowest BCUT2D eigenvalue weighted by Crippen LogP contribution is -1.99. The number of nitrogens with one attached hydrogen (secondary N) is 1. The Labute approximate surface area is 74.5 Å². The summed E-state index contributed by atoms with van der Waals surface area (Å²) in [6.45, 7) is 0. The molecule has 13 heavy (non-hydrogen) atoms. The lowest BCUT2D eigenvalue weighted by molar-refractivity contribution is -0.136. The Morgan fingerprint density at radius 2 is 2.31 bits per heavy atom. The second-order valence-corrected chi connectivity index (χ2v) is 4.54. The molecule has 6 nitrogen and oxygen atoms in total. The standard InChI is InChI=1S/C6H8N2O4S/c1-13(11,12)5-2-4(7-8-5)3-6(9)10/h2H,3H2,1H3,(H,7,8)(H,9,10). The van der Waals surface area contributed by atoms with Gasteiger partial charge in [0.25, 0.3) is 0 Å². The second kappa shape index (κ2) is 3.17. The number of H-pyrrole nitrogens is 1. The molecule has 0 saturated carbocycles. The van der Waals surface area contributed by atoms with Gasteiger partial charge in [-0.1, -0.05) is 0 Å². The third-order valence-corrected chi connectivity index (χ3v) is 2.30. The van der Waals surface area contributed by atoms with Gasteiger partial charge in [-0.2, -0.15) is 5.10 Å². The van der Waals surface area contributed by atoms with Gasteiger partial charge in [0.1, 0.15) is 0 Å². The van der Waals surface area contributed by atoms with E-state index in [4.69, 9.17) is 5.11 Å². The Bertz CT molecular complexity index is 420. The molecule has 0 radical (unpaired) electrons. The van der Waals surface area contributed by atoms with Crippen molar-refractivity contribution in [2.24, 2.45) is 0 Å². The van der Waals surface area contributed by atoms with Gasteiger partial charge < -0.3 is 5.11 Å². The molecule has 1 rings (SSSR count). The van der Waals surface area contributed by atoms with Crippen molar-refractivity contribution >= 4 is 15.8 Å². The van der Waals surface area contributed by atoms with E-state index in [2.05, 4.69) is 10.2 Å². The van der Waals surface area contributed by atoms with E-state index < -0.39 is 15.8 Å². The Hall–Kier alpha value is -1.37. The summed E-state index contributed by atoms with van der Waals surface area (Å²) in [6, 6.07) is 1.21. The van der Waals surface area contributed by atoms with Crippen molar-refractivity contribution in [1.29, 1.82) is 0 Å². The Morgan fingerprint density at radius 3 is 2.69 bits per heavy atom. The van der Waals surface area contributed by atoms with E-state index in [0.29, 0.717) is 0 Å². The van der Waals surface area contributed by atoms with Crippen molar-refractivity contribution in [3.63, 3.8) is 0 Å². The van der Waals surface area contributed by atoms with Gasteiger partial charge >= 0.3 is 5.97 Å². The van der Waals surface area contributed by atoms with Crippen LogP contribution in [0.1, 0.15) is 5.69 Å². The summed E-state index contributed by atoms with van der Waals surface area (Å²) >= 11 is 0. The number of carboxylic acid groups (broad SMARTS) is 1. The van der Waals surface area contributed by atoms with Crippen molar-refractivity contribution in [2.45, 2.75) is 11.4 Å². The molecule has 0 fully saturated rings. The third kappa shape index (κ3) is 2.55. The number of hydrogen-bond acceptors (Lipinski definition) is 4. The molecule has 0 amide bonds. The highest BCUT2D eigenvalue weighted by molar-refractivity contribution is 7.90. The number of aromatic amines is 1. The maximum absolute atomic E-state index is 10.9. The number of aliphatic carboxylic acids is 1. The average Bonchev–Trinajstić information content (AvgIpc) is 2.32. The van der Waals surface area contributed by atoms with Gasteiger partial charge in [0.15, 0.2) is 14.9 Å². The summed E-state index contributed by atoms with van der Waals surface area (Å²) in [4.78, 5) is 10.2. The van der Waals surface area contributed by atoms with E-state index >= 15 is 0 Å². The summed E-state index contributed by atoms with van der Waals surface area (Å²) in [7, 11) is -3.35. The molecule has 0 bridgehead atoms. The molecule has 0 aliphatic heterocycles. The van der Waals surface area contributed by atoms with Gasteiger partial charge in [-0.05, 0) is 6.07 Å². The first-order chi connectivity index (χ1) is 5.89. The number of nitrogens with zero attached hydrogens (tertiary/aromatic N) is 1. The highest BCUT2D eigenvalue weighted by Gasteiger charge is 2.12. The molecule has 0 saturated heterocycles. The first-order valence-electron chi connectivity index (χ1n) is 3.36. The van der Waals surface area contributed by atoms with Gasteiger partial charge in [0.2, 0.25) is 0 Å². The molecule has 0 aromatic carbocycles. The summed E-state index contributed by atoms with van der Waals surface area (Å²) in [5.74, 6) is -1.04. The van der Waals surface area contributed by atoms with Crippen LogP contribution in [0.5, 0.6) is 0 Å². The van der Waals surface area contributed by atoms with Gasteiger partial charge in [-0.25, -0.2) is 8.42 Å². The number of hydrogen-bond donors (Lipinski definition) is 2. The molecule has 0 spiro atoms. The Balaban J connectivity index is 2.94. The fourth-order valence-corrected chi connectivity index (χ4v) is 1.35. The van der Waals surface area contributed by atoms with Crippen LogP contribution in [0.4, 0.5) is 0 Å². The topological polar surface area (TPSA) is 100 Å². The summed E-state index contributed by atoms with van der Waals surface area (Å²) in [6.07, 6.45) is 0.746. The second-order valence-electron chi connectivity index (χ2n) is 2.57. The lowest BCUT2D eigenvalue weighted by Gasteiger charge is -1.87. The third-order valence-electron chi connectivity index (χ3n) is 1.33. The average molecular weight is 204 g/mol. The van der Waals surface area contributed by atoms with Crippen LogP contribution < -0.4 is 0 Å². The minimum Gasteiger partial charge on any atom is -0.481 e. The Morgan fingerprint density at radius 1 is 1.69 bits per heavy atom. The SMILES string of the molecule is CS(=O)(=O)c1cc(CC(=O)O)[nH]n1. The molecule has 7 heteroatoms. The number of rotatable bonds is 3. The van der Waals surface area contributed by atoms with E-state index in [1.165, 1.54) is 6.07 Å². The van der Waals surface area contributed by atoms with E-state index in [9.17, 15) is 13.2 Å². The number of aromatic nitrogens is 2. The fraction of sp³-hybridized carbons (Fsp3) is 0.333. The van der Waals surface area contributed by atoms with E-state index in [1.54, 1.807) is 0 Å². The molecule has 0 aliphatic carbocycles. The van der Waals surface area contributed by atoms with Crippen LogP contribution in [-0.4, -0.2) is 35.9 Å². The molecule has 1 aromatic rings. The smallest absolute Gasteiger partial charge is 0.309 e. The van der Waals surface area contributed by atoms with Crippen LogP contribution in [0.25, 0.3) is 0 Å². The fourth-order valence-electron chi connectivity index (χ4n) is 0.784. The van der Waals surface area contributed by atoms with Crippen molar-refractivity contribution in [1.82, 2.24) is 10.2 Å². The van der Waals surface area contributed by atoms with Gasteiger partial charge in [0.05, 0.1) is 6.42 Å². The molecule has 2 N–H and O–H groups in total. The maximum Gasteiger partial charge on any atom is 0.309 e. The van der Waals surface area contributed by atoms with Gasteiger partial charge in [0, 0.05) is 11.9 Å². The normalized spacial score (nSPS) is 11.5. The Kier molecular flexibility index (Phi) is 2.37. The van der Waals surface area contributed by atoms with Crippen molar-refractivity contribution in [3.05, 3.63) is 11.8 Å². The predicted octanol–water partition coefficient (Wildman–Crippen LogP) is -0.560. The summed E-state index contributed by atoms with van der Waals surface area (Å²) < 4.78 is 21.8. The van der Waals surface area contributed by atoms with Crippen LogP contribution in [-0.2, 0) is 21.1 Å². The molecular weight excluding hydrogens is 196 g/mol. The van der Waals surface area contributed by atoms with Crippen LogP contribution in [0.3, 0.4) is 0 Å². The molecule has 1 heterocycles. The van der Waals surface area contributed by atoms with Gasteiger partial charge in [-0.15, -0.1) is 0 Å². The van der Waals surface area contributed by atoms with E-state index in [0.717, 1.165) is 6.26 Å². The zero-order valence-electron chi connectivity index (χ0n) is 6.81. The van der Waals surface area contributed by atoms with Crippen molar-refractivity contribution < 1.29 is 18.3 Å². The molecule has 0 aliphatic rings. The van der Waals surface area contributed by atoms with E-state index in [1.807, 2.05) is 0 Å². The zero-order valence-corrected chi connectivity index (χ0v) is 7.63. The molecule has 72 valence electrons. The zero-order chi connectivity index (χ0) is 10.1. The first-order valence-corrected chi connectivity index (χ1v) is 5.25. The number of sulfone groups is 1. The van der Waals surface area contributed by atoms with Crippen molar-refractivity contribution in [2.75, 3.05) is 6.26 Å². The highest BCUT2D eigenvalue weighted by Crippen LogP contribution is 2.06. The highest BCUT2D eigenvalue weighted by atomic mass is 32.2. The lowest BCUT2D eigenvalue weighted by atomic mass is 10.3. The van der Waals surface area contributed by atoms with E-state index in [-0.39, 0.29) is 17.1 Å². The van der Waals surface area contributed by atoms with Gasteiger partial charge in [-0.3, -0.25) is 9.89 Å². The first kappa shape index (κ1) is 9.72. The van der Waals surface area contributed by atoms with Crippen LogP contribution in [0, 0.1) is 0 Å². The van der Waals surface area contributed by atoms with Crippen LogP contribution in [0.15, 0.2) is 11.1 Å². The minimum absolute atomic E-state index is 0.135. The molecule has 0 unspecified atom stereocenters. The van der Waals surface area contributed by atoms with Crippen LogP contribution in [0.2, 0.25) is 0 Å². The monoisotopic (exact) mass is 204 g/mol. The predicted molar refractivity (Wildman–Crippen MR) is 43.0 cm³/mol. The molecule has 1 aromatic heterocycles. The largest absolute Gasteiger partial charge is 0.481 e. The maximum atomic E-state index is 10.9. The number of carbonyl (C=O) groups is 1. The summed E-state index contributed by atoms with van der Waals surface area (Å²) in [5.41, 5.74) is 0.271. The van der Waals surface area contributed by atoms with Crippen LogP contribution >= 0.6 is 0 Å². The van der Waals surface area contributed by atoms with Crippen molar-refractivity contribution in [3.8, 4) is 0 Å². The minimum atomic E-state index is -3.35. The number of carboxylic acids is 1. The quantitative estimate of drug-likeness (QED) is 0.687. The molecular formula is C6H8N2O4S.